The summed E-state index contributed by atoms with van der Waals surface area (Å²) in [5.41, 5.74) is -0.845. The topological polar surface area (TPSA) is 72.5 Å². The van der Waals surface area contributed by atoms with Gasteiger partial charge in [0.15, 0.2) is 11.6 Å². The number of hydrogen-bond acceptors (Lipinski definition) is 6. The third-order valence-electron chi connectivity index (χ3n) is 6.32. The average molecular weight is 513 g/mol. The number of alkyl halides is 3. The molecule has 0 aliphatic carbocycles. The van der Waals surface area contributed by atoms with Gasteiger partial charge in [-0.15, -0.1) is 5.10 Å². The van der Waals surface area contributed by atoms with Crippen molar-refractivity contribution in [2.24, 2.45) is 0 Å². The van der Waals surface area contributed by atoms with Gasteiger partial charge < -0.3 is 19.5 Å². The molecule has 2 atom stereocenters. The third kappa shape index (κ3) is 4.21. The molecule has 8 nitrogen and oxygen atoms in total. The van der Waals surface area contributed by atoms with Crippen LogP contribution in [-0.4, -0.2) is 74.9 Å². The highest BCUT2D eigenvalue weighted by Crippen LogP contribution is 2.36. The first-order valence-corrected chi connectivity index (χ1v) is 11.1. The minimum absolute atomic E-state index is 0.00435. The van der Waals surface area contributed by atoms with Gasteiger partial charge in [0.25, 0.3) is 6.43 Å². The van der Waals surface area contributed by atoms with Crippen LogP contribution in [-0.2, 0) is 6.54 Å². The van der Waals surface area contributed by atoms with Gasteiger partial charge in [-0.1, -0.05) is 0 Å². The molecule has 0 bridgehead atoms. The second-order valence-corrected chi connectivity index (χ2v) is 8.79. The Morgan fingerprint density at radius 3 is 2.78 bits per heavy atom. The van der Waals surface area contributed by atoms with E-state index in [0.29, 0.717) is 13.0 Å². The minimum atomic E-state index is -3.01. The molecule has 1 aliphatic rings. The van der Waals surface area contributed by atoms with Crippen LogP contribution in [0.1, 0.15) is 16.4 Å². The van der Waals surface area contributed by atoms with Gasteiger partial charge in [0, 0.05) is 13.1 Å². The molecule has 36 heavy (non-hydrogen) atoms. The highest BCUT2D eigenvalue weighted by molar-refractivity contribution is 5.90. The molecule has 0 radical (unpaired) electrons. The second kappa shape index (κ2) is 9.19. The average Bonchev–Trinajstić information content (AvgIpc) is 3.31. The molecule has 1 aliphatic heterocycles. The number of anilines is 1. The Balaban J connectivity index is 1.66. The fraction of sp³-hybridized carbons (Fsp3) is 0.435. The van der Waals surface area contributed by atoms with Crippen LogP contribution in [0.3, 0.4) is 0 Å². The van der Waals surface area contributed by atoms with Gasteiger partial charge in [0.2, 0.25) is 11.8 Å². The zero-order valence-corrected chi connectivity index (χ0v) is 19.3. The lowest BCUT2D eigenvalue weighted by molar-refractivity contribution is 0.127. The first-order chi connectivity index (χ1) is 18.3. The maximum atomic E-state index is 15.4. The fourth-order valence-corrected chi connectivity index (χ4v) is 4.62. The number of likely N-dealkylation sites (tertiary alicyclic amines) is 1. The van der Waals surface area contributed by atoms with Crippen molar-refractivity contribution in [3.05, 3.63) is 35.8 Å². The molecule has 13 heteroatoms. The number of ether oxygens (including phenoxy) is 1. The summed E-state index contributed by atoms with van der Waals surface area (Å²) in [6.07, 6.45) is -2.71. The lowest BCUT2D eigenvalue weighted by Gasteiger charge is -2.32. The lowest BCUT2D eigenvalue weighted by atomic mass is 10.0. The van der Waals surface area contributed by atoms with Crippen LogP contribution in [0.4, 0.5) is 27.9 Å². The first kappa shape index (κ1) is 20.7. The first-order valence-electron chi connectivity index (χ1n) is 12.6. The standard InChI is InChI=1S/C23H24F5N7O/c1-11-29-20-13(24)6-12(7-17(20)34(11)10-18(27)28)19-15(26)9-35-21(19)22(36-3)31-23(32-35)30-16-4-5-33(2)8-14(16)25/h6-7,9,14,16,18H,4-5,8,10H2,1-3H3,(H,30,32)/t14-,16+/m0/s1/i3D3. The van der Waals surface area contributed by atoms with Crippen molar-refractivity contribution in [2.75, 3.05) is 32.5 Å². The molecule has 192 valence electrons. The van der Waals surface area contributed by atoms with Gasteiger partial charge in [-0.2, -0.15) is 4.98 Å². The number of nitrogens with one attached hydrogen (secondary N) is 1. The van der Waals surface area contributed by atoms with Gasteiger partial charge in [0.05, 0.1) is 41.0 Å². The van der Waals surface area contributed by atoms with Gasteiger partial charge in [0.1, 0.15) is 23.0 Å². The number of benzene rings is 1. The number of hydrogen-bond donors (Lipinski definition) is 1. The number of halogens is 5. The molecule has 0 amide bonds. The zero-order chi connectivity index (χ0) is 28.2. The Bertz CT molecular complexity index is 1540. The normalized spacial score (nSPS) is 20.6. The fourth-order valence-electron chi connectivity index (χ4n) is 4.62. The summed E-state index contributed by atoms with van der Waals surface area (Å²) in [6.45, 7) is 1.43. The van der Waals surface area contributed by atoms with Gasteiger partial charge in [-0.05, 0) is 38.1 Å². The number of nitrogens with zero attached hydrogens (tertiary/aromatic N) is 6. The number of fused-ring (bicyclic) bond motifs is 2. The molecule has 4 heterocycles. The van der Waals surface area contributed by atoms with E-state index in [9.17, 15) is 13.2 Å². The monoisotopic (exact) mass is 512 g/mol. The summed E-state index contributed by atoms with van der Waals surface area (Å²) >= 11 is 0. The molecule has 1 saturated heterocycles. The Morgan fingerprint density at radius 1 is 1.25 bits per heavy atom. The summed E-state index contributed by atoms with van der Waals surface area (Å²) in [6, 6.07) is 1.54. The van der Waals surface area contributed by atoms with E-state index in [1.165, 1.54) is 13.0 Å². The Morgan fingerprint density at radius 2 is 2.06 bits per heavy atom. The molecule has 3 aromatic heterocycles. The van der Waals surface area contributed by atoms with Crippen molar-refractivity contribution in [1.82, 2.24) is 29.0 Å². The van der Waals surface area contributed by atoms with Crippen molar-refractivity contribution in [3.8, 4) is 17.0 Å². The van der Waals surface area contributed by atoms with Crippen molar-refractivity contribution >= 4 is 22.5 Å². The van der Waals surface area contributed by atoms with E-state index < -0.39 is 49.7 Å². The number of piperidine rings is 1. The van der Waals surface area contributed by atoms with Gasteiger partial charge in [-0.3, -0.25) is 0 Å². The number of aromatic nitrogens is 5. The molecule has 0 saturated carbocycles. The summed E-state index contributed by atoms with van der Waals surface area (Å²) in [4.78, 5) is 9.92. The predicted molar refractivity (Wildman–Crippen MR) is 123 cm³/mol. The van der Waals surface area contributed by atoms with E-state index in [4.69, 9.17) is 8.85 Å². The Labute approximate surface area is 206 Å². The number of rotatable bonds is 6. The summed E-state index contributed by atoms with van der Waals surface area (Å²) in [5.74, 6) is -2.46. The van der Waals surface area contributed by atoms with Crippen LogP contribution in [0.25, 0.3) is 27.7 Å². The van der Waals surface area contributed by atoms with Crippen molar-refractivity contribution in [1.29, 1.82) is 0 Å². The second-order valence-electron chi connectivity index (χ2n) is 8.79. The molecule has 4 aromatic rings. The molecule has 1 aromatic carbocycles. The van der Waals surface area contributed by atoms with Crippen LogP contribution < -0.4 is 10.1 Å². The molecule has 0 unspecified atom stereocenters. The van der Waals surface area contributed by atoms with E-state index in [1.807, 2.05) is 4.90 Å². The number of imidazole rings is 1. The lowest BCUT2D eigenvalue weighted by Crippen LogP contribution is -2.46. The van der Waals surface area contributed by atoms with E-state index in [-0.39, 0.29) is 46.0 Å². The molecule has 1 N–H and O–H groups in total. The molecule has 1 fully saturated rings. The van der Waals surface area contributed by atoms with E-state index in [1.54, 1.807) is 7.05 Å². The van der Waals surface area contributed by atoms with Crippen LogP contribution in [0, 0.1) is 18.6 Å². The maximum absolute atomic E-state index is 15.4. The van der Waals surface area contributed by atoms with Crippen LogP contribution in [0.5, 0.6) is 5.88 Å². The Hall–Kier alpha value is -3.48. The smallest absolute Gasteiger partial charge is 0.256 e. The number of aryl methyl sites for hydroxylation is 1. The summed E-state index contributed by atoms with van der Waals surface area (Å²) in [7, 11) is -1.23. The Kier molecular flexibility index (Phi) is 5.28. The minimum Gasteiger partial charge on any atom is -0.479 e. The largest absolute Gasteiger partial charge is 0.479 e. The number of methoxy groups -OCH3 is 1. The van der Waals surface area contributed by atoms with Gasteiger partial charge >= 0.3 is 0 Å². The molecular formula is C23H24F5N7O. The van der Waals surface area contributed by atoms with Crippen LogP contribution in [0.2, 0.25) is 0 Å². The van der Waals surface area contributed by atoms with Gasteiger partial charge in [-0.25, -0.2) is 31.5 Å². The van der Waals surface area contributed by atoms with E-state index >= 15 is 8.78 Å². The predicted octanol–water partition coefficient (Wildman–Crippen LogP) is 4.06. The third-order valence-corrected chi connectivity index (χ3v) is 6.32. The quantitative estimate of drug-likeness (QED) is 0.393. The van der Waals surface area contributed by atoms with Crippen molar-refractivity contribution < 1.29 is 30.8 Å². The van der Waals surface area contributed by atoms with E-state index in [2.05, 4.69) is 20.4 Å². The SMILES string of the molecule is [2H]C([2H])([2H])Oc1nc(N[C@@H]2CCN(C)C[C@@H]2F)nn2cc(F)c(-c3cc(F)c4nc(C)n(CC(F)F)c4c3)c12. The molecular weight excluding hydrogens is 485 g/mol. The highest BCUT2D eigenvalue weighted by Gasteiger charge is 2.29. The molecule has 0 spiro atoms. The zero-order valence-electron chi connectivity index (χ0n) is 22.3. The van der Waals surface area contributed by atoms with E-state index in [0.717, 1.165) is 21.3 Å². The van der Waals surface area contributed by atoms with Crippen LogP contribution in [0.15, 0.2) is 18.3 Å². The summed E-state index contributed by atoms with van der Waals surface area (Å²) in [5, 5.41) is 6.99. The molecule has 5 rings (SSSR count). The van der Waals surface area contributed by atoms with Crippen LogP contribution >= 0.6 is 0 Å². The van der Waals surface area contributed by atoms with Crippen molar-refractivity contribution in [3.63, 3.8) is 0 Å². The van der Waals surface area contributed by atoms with Crippen molar-refractivity contribution in [2.45, 2.75) is 38.5 Å². The summed E-state index contributed by atoms with van der Waals surface area (Å²) < 4.78 is 101. The maximum Gasteiger partial charge on any atom is 0.256 e. The highest BCUT2D eigenvalue weighted by atomic mass is 19.3.